The van der Waals surface area contributed by atoms with E-state index >= 15 is 0 Å². The van der Waals surface area contributed by atoms with Crippen LogP contribution in [0.1, 0.15) is 17.0 Å². The van der Waals surface area contributed by atoms with E-state index in [0.29, 0.717) is 6.54 Å². The van der Waals surface area contributed by atoms with Gasteiger partial charge in [-0.3, -0.25) is 0 Å². The number of hydrogen-bond donors (Lipinski definition) is 1. The maximum Gasteiger partial charge on any atom is 0.330 e. The first-order chi connectivity index (χ1) is 12.2. The second kappa shape index (κ2) is 7.77. The van der Waals surface area contributed by atoms with E-state index in [4.69, 9.17) is 4.98 Å². The number of ether oxygens (including phenoxy) is 1. The van der Waals surface area contributed by atoms with E-state index in [-0.39, 0.29) is 5.97 Å². The van der Waals surface area contributed by atoms with E-state index in [1.165, 1.54) is 18.7 Å². The third-order valence-corrected chi connectivity index (χ3v) is 4.07. The monoisotopic (exact) mass is 335 g/mol. The summed E-state index contributed by atoms with van der Waals surface area (Å²) >= 11 is 0. The van der Waals surface area contributed by atoms with Gasteiger partial charge in [0.2, 0.25) is 0 Å². The zero-order valence-corrected chi connectivity index (χ0v) is 14.4. The van der Waals surface area contributed by atoms with E-state index in [0.717, 1.165) is 29.0 Å². The molecule has 0 aliphatic rings. The smallest absolute Gasteiger partial charge is 0.330 e. The van der Waals surface area contributed by atoms with Gasteiger partial charge in [0.1, 0.15) is 5.82 Å². The van der Waals surface area contributed by atoms with Crippen molar-refractivity contribution in [2.24, 2.45) is 7.05 Å². The lowest BCUT2D eigenvalue weighted by molar-refractivity contribution is -0.134. The summed E-state index contributed by atoms with van der Waals surface area (Å²) in [7, 11) is 3.38. The van der Waals surface area contributed by atoms with Crippen LogP contribution < -0.4 is 5.32 Å². The molecule has 5 nitrogen and oxygen atoms in total. The Morgan fingerprint density at radius 3 is 2.76 bits per heavy atom. The first kappa shape index (κ1) is 16.9. The van der Waals surface area contributed by atoms with Crippen LogP contribution in [0.15, 0.2) is 54.6 Å². The fourth-order valence-corrected chi connectivity index (χ4v) is 2.68. The summed E-state index contributed by atoms with van der Waals surface area (Å²) in [6.07, 6.45) is 3.14. The van der Waals surface area contributed by atoms with Crippen molar-refractivity contribution >= 4 is 23.1 Å². The molecule has 1 N–H and O–H groups in total. The molecule has 25 heavy (non-hydrogen) atoms. The van der Waals surface area contributed by atoms with Crippen molar-refractivity contribution in [3.05, 3.63) is 71.6 Å². The molecule has 128 valence electrons. The zero-order valence-electron chi connectivity index (χ0n) is 14.4. The predicted octanol–water partition coefficient (Wildman–Crippen LogP) is 3.05. The van der Waals surface area contributed by atoms with Gasteiger partial charge in [0, 0.05) is 19.7 Å². The molecule has 0 radical (unpaired) electrons. The van der Waals surface area contributed by atoms with Crippen molar-refractivity contribution in [2.45, 2.75) is 13.1 Å². The first-order valence-corrected chi connectivity index (χ1v) is 8.13. The van der Waals surface area contributed by atoms with Crippen LogP contribution in [0.2, 0.25) is 0 Å². The topological polar surface area (TPSA) is 56.1 Å². The van der Waals surface area contributed by atoms with E-state index < -0.39 is 0 Å². The van der Waals surface area contributed by atoms with Gasteiger partial charge < -0.3 is 14.6 Å². The minimum absolute atomic E-state index is 0.369. The van der Waals surface area contributed by atoms with Gasteiger partial charge in [0.25, 0.3) is 0 Å². The average molecular weight is 335 g/mol. The molecule has 0 fully saturated rings. The molecule has 5 heteroatoms. The van der Waals surface area contributed by atoms with Crippen molar-refractivity contribution in [3.63, 3.8) is 0 Å². The molecule has 0 amide bonds. The fraction of sp³-hybridized carbons (Fsp3) is 0.200. The van der Waals surface area contributed by atoms with Gasteiger partial charge in [0.15, 0.2) is 0 Å². The number of imidazole rings is 1. The summed E-state index contributed by atoms with van der Waals surface area (Å²) in [5.74, 6) is 0.604. The number of carbonyl (C=O) groups is 1. The number of nitrogens with zero attached hydrogens (tertiary/aromatic N) is 2. The minimum atomic E-state index is -0.369. The van der Waals surface area contributed by atoms with Gasteiger partial charge in [-0.15, -0.1) is 0 Å². The normalized spacial score (nSPS) is 11.3. The summed E-state index contributed by atoms with van der Waals surface area (Å²) < 4.78 is 6.69. The number of rotatable bonds is 6. The van der Waals surface area contributed by atoms with Crippen molar-refractivity contribution < 1.29 is 9.53 Å². The highest BCUT2D eigenvalue weighted by atomic mass is 16.5. The number of carbonyl (C=O) groups excluding carboxylic acids is 1. The van der Waals surface area contributed by atoms with Crippen molar-refractivity contribution in [3.8, 4) is 0 Å². The van der Waals surface area contributed by atoms with E-state index in [1.54, 1.807) is 6.08 Å². The highest BCUT2D eigenvalue weighted by molar-refractivity contribution is 5.88. The molecule has 0 bridgehead atoms. The molecule has 0 spiro atoms. The van der Waals surface area contributed by atoms with Crippen LogP contribution in [0.4, 0.5) is 0 Å². The maximum absolute atomic E-state index is 11.2. The third kappa shape index (κ3) is 4.14. The Hall–Kier alpha value is -2.92. The van der Waals surface area contributed by atoms with Crippen LogP contribution in [-0.2, 0) is 29.7 Å². The van der Waals surface area contributed by atoms with Crippen LogP contribution in [0.3, 0.4) is 0 Å². The van der Waals surface area contributed by atoms with Gasteiger partial charge >= 0.3 is 5.97 Å². The molecule has 0 unspecified atom stereocenters. The first-order valence-electron chi connectivity index (χ1n) is 8.13. The summed E-state index contributed by atoms with van der Waals surface area (Å²) in [5, 5.41) is 3.42. The highest BCUT2D eigenvalue weighted by Crippen LogP contribution is 2.18. The van der Waals surface area contributed by atoms with Crippen LogP contribution in [-0.4, -0.2) is 22.6 Å². The molecule has 0 saturated heterocycles. The molecule has 0 aliphatic carbocycles. The average Bonchev–Trinajstić information content (AvgIpc) is 2.96. The summed E-state index contributed by atoms with van der Waals surface area (Å²) in [6.45, 7) is 1.49. The van der Waals surface area contributed by atoms with Gasteiger partial charge in [-0.2, -0.15) is 0 Å². The Labute approximate surface area is 146 Å². The van der Waals surface area contributed by atoms with Gasteiger partial charge in [-0.05, 0) is 29.3 Å². The van der Waals surface area contributed by atoms with Gasteiger partial charge in [-0.1, -0.05) is 36.4 Å². The van der Waals surface area contributed by atoms with Gasteiger partial charge in [-0.25, -0.2) is 9.78 Å². The number of hydrogen-bond acceptors (Lipinski definition) is 4. The Balaban J connectivity index is 1.72. The van der Waals surface area contributed by atoms with Crippen LogP contribution in [0, 0.1) is 0 Å². The Morgan fingerprint density at radius 1 is 1.20 bits per heavy atom. The molecule has 0 aliphatic heterocycles. The van der Waals surface area contributed by atoms with Crippen LogP contribution in [0.5, 0.6) is 0 Å². The quantitative estimate of drug-likeness (QED) is 0.556. The summed E-state index contributed by atoms with van der Waals surface area (Å²) in [4.78, 5) is 15.9. The Morgan fingerprint density at radius 2 is 2.00 bits per heavy atom. The van der Waals surface area contributed by atoms with Crippen molar-refractivity contribution in [1.29, 1.82) is 0 Å². The highest BCUT2D eigenvalue weighted by Gasteiger charge is 2.07. The predicted molar refractivity (Wildman–Crippen MR) is 98.7 cm³/mol. The minimum Gasteiger partial charge on any atom is -0.466 e. The zero-order chi connectivity index (χ0) is 17.6. The molecular formula is C20H21N3O2. The largest absolute Gasteiger partial charge is 0.466 e. The molecule has 2 aromatic carbocycles. The van der Waals surface area contributed by atoms with E-state index in [2.05, 4.69) is 26.8 Å². The number of nitrogens with one attached hydrogen (secondary N) is 1. The second-order valence-electron chi connectivity index (χ2n) is 5.78. The summed E-state index contributed by atoms with van der Waals surface area (Å²) in [5.41, 5.74) is 4.13. The van der Waals surface area contributed by atoms with Crippen molar-refractivity contribution in [1.82, 2.24) is 14.9 Å². The number of aryl methyl sites for hydroxylation is 1. The van der Waals surface area contributed by atoms with E-state index in [1.807, 2.05) is 43.4 Å². The maximum atomic E-state index is 11.2. The number of benzene rings is 2. The molecule has 1 heterocycles. The molecule has 3 aromatic rings. The number of methoxy groups -OCH3 is 1. The van der Waals surface area contributed by atoms with Crippen LogP contribution in [0.25, 0.3) is 17.1 Å². The lowest BCUT2D eigenvalue weighted by atomic mass is 10.2. The molecule has 0 saturated carbocycles. The fourth-order valence-electron chi connectivity index (χ4n) is 2.68. The lowest BCUT2D eigenvalue weighted by Gasteiger charge is -2.05. The van der Waals surface area contributed by atoms with Gasteiger partial charge in [0.05, 0.1) is 24.7 Å². The molecule has 0 atom stereocenters. The Kier molecular flexibility index (Phi) is 5.26. The number of esters is 1. The van der Waals surface area contributed by atoms with Crippen molar-refractivity contribution in [2.75, 3.05) is 7.11 Å². The number of fused-ring (bicyclic) bond motifs is 1. The third-order valence-electron chi connectivity index (χ3n) is 4.07. The Bertz CT molecular complexity index is 898. The SMILES string of the molecule is COC(=O)/C=C/c1ccc2c(c1)nc(CNCc1ccccc1)n2C. The van der Waals surface area contributed by atoms with E-state index in [9.17, 15) is 4.79 Å². The number of aromatic nitrogens is 2. The second-order valence-corrected chi connectivity index (χ2v) is 5.78. The standard InChI is InChI=1S/C20H21N3O2/c1-23-18-10-8-15(9-11-20(24)25-2)12-17(18)22-19(23)14-21-13-16-6-4-3-5-7-16/h3-12,21H,13-14H2,1-2H3/b11-9+. The molecule has 1 aromatic heterocycles. The summed E-state index contributed by atoms with van der Waals surface area (Å²) in [6, 6.07) is 16.2. The molecular weight excluding hydrogens is 314 g/mol. The lowest BCUT2D eigenvalue weighted by Crippen LogP contribution is -2.15. The molecule has 3 rings (SSSR count). The van der Waals surface area contributed by atoms with Crippen LogP contribution >= 0.6 is 0 Å².